The van der Waals surface area contributed by atoms with E-state index in [1.54, 1.807) is 18.3 Å². The largest absolute Gasteiger partial charge is 0.491 e. The quantitative estimate of drug-likeness (QED) is 0.545. The third kappa shape index (κ3) is 2.93. The molecule has 0 bridgehead atoms. The number of aliphatic hydroxyl groups excluding tert-OH is 1. The second kappa shape index (κ2) is 6.76. The van der Waals surface area contributed by atoms with Crippen LogP contribution in [0.1, 0.15) is 11.5 Å². The molecule has 0 aromatic carbocycles. The van der Waals surface area contributed by atoms with Crippen molar-refractivity contribution in [2.45, 2.75) is 13.2 Å². The summed E-state index contributed by atoms with van der Waals surface area (Å²) in [6.45, 7) is -0.0325. The summed E-state index contributed by atoms with van der Waals surface area (Å²) >= 11 is 0. The molecule has 0 saturated heterocycles. The van der Waals surface area contributed by atoms with Crippen molar-refractivity contribution in [1.82, 2.24) is 30.0 Å². The number of pyridine rings is 1. The summed E-state index contributed by atoms with van der Waals surface area (Å²) in [5.74, 6) is 1.35. The Hall–Kier alpha value is -3.53. The zero-order chi connectivity index (χ0) is 17.9. The SMILES string of the molecule is COc1cc2nnc(-c3cc(CO)on3)n2nc1OCc1ccccn1. The first-order valence-electron chi connectivity index (χ1n) is 7.68. The van der Waals surface area contributed by atoms with Gasteiger partial charge in [0, 0.05) is 18.3 Å². The van der Waals surface area contributed by atoms with Gasteiger partial charge >= 0.3 is 0 Å². The van der Waals surface area contributed by atoms with Crippen molar-refractivity contribution >= 4 is 5.65 Å². The first-order chi connectivity index (χ1) is 12.8. The van der Waals surface area contributed by atoms with Crippen LogP contribution in [0.15, 0.2) is 41.1 Å². The molecule has 4 aromatic heterocycles. The second-order valence-corrected chi connectivity index (χ2v) is 5.26. The standard InChI is InChI=1S/C16H14N6O4/c1-24-13-7-14-18-19-15(12-6-11(8-23)26-21-12)22(14)20-16(13)25-9-10-4-2-3-5-17-10/h2-7,23H,8-9H2,1H3. The summed E-state index contributed by atoms with van der Waals surface area (Å²) in [6.07, 6.45) is 1.69. The third-order valence-electron chi connectivity index (χ3n) is 3.57. The number of rotatable bonds is 6. The highest BCUT2D eigenvalue weighted by Gasteiger charge is 2.18. The highest BCUT2D eigenvalue weighted by atomic mass is 16.5. The first kappa shape index (κ1) is 16.0. The molecule has 0 atom stereocenters. The van der Waals surface area contributed by atoms with E-state index in [1.807, 2.05) is 18.2 Å². The monoisotopic (exact) mass is 354 g/mol. The number of hydrogen-bond donors (Lipinski definition) is 1. The van der Waals surface area contributed by atoms with Gasteiger partial charge in [-0.05, 0) is 12.1 Å². The van der Waals surface area contributed by atoms with Gasteiger partial charge in [-0.15, -0.1) is 15.3 Å². The predicted octanol–water partition coefficient (Wildman–Crippen LogP) is 1.25. The molecule has 0 radical (unpaired) electrons. The van der Waals surface area contributed by atoms with E-state index in [2.05, 4.69) is 25.4 Å². The lowest BCUT2D eigenvalue weighted by Crippen LogP contribution is -2.05. The predicted molar refractivity (Wildman–Crippen MR) is 87.3 cm³/mol. The topological polar surface area (TPSA) is 121 Å². The van der Waals surface area contributed by atoms with Crippen molar-refractivity contribution in [3.63, 3.8) is 0 Å². The van der Waals surface area contributed by atoms with E-state index in [4.69, 9.17) is 19.1 Å². The summed E-state index contributed by atoms with van der Waals surface area (Å²) < 4.78 is 17.5. The van der Waals surface area contributed by atoms with Crippen LogP contribution in [0, 0.1) is 0 Å². The van der Waals surface area contributed by atoms with E-state index in [0.717, 1.165) is 5.69 Å². The van der Waals surface area contributed by atoms with E-state index in [1.165, 1.54) is 11.6 Å². The van der Waals surface area contributed by atoms with Gasteiger partial charge in [0.05, 0.1) is 12.8 Å². The molecule has 4 heterocycles. The van der Waals surface area contributed by atoms with Crippen molar-refractivity contribution in [3.05, 3.63) is 48.0 Å². The molecule has 0 spiro atoms. The van der Waals surface area contributed by atoms with Crippen molar-refractivity contribution in [3.8, 4) is 23.1 Å². The Bertz CT molecular complexity index is 1030. The van der Waals surface area contributed by atoms with Crippen LogP contribution in [-0.2, 0) is 13.2 Å². The van der Waals surface area contributed by atoms with Crippen LogP contribution in [0.3, 0.4) is 0 Å². The van der Waals surface area contributed by atoms with Gasteiger partial charge in [-0.1, -0.05) is 11.2 Å². The molecule has 0 aliphatic carbocycles. The van der Waals surface area contributed by atoms with Crippen molar-refractivity contribution in [1.29, 1.82) is 0 Å². The Balaban J connectivity index is 1.71. The highest BCUT2D eigenvalue weighted by Crippen LogP contribution is 2.28. The lowest BCUT2D eigenvalue weighted by molar-refractivity contribution is 0.229. The molecule has 1 N–H and O–H groups in total. The Morgan fingerprint density at radius 2 is 2.15 bits per heavy atom. The number of methoxy groups -OCH3 is 1. The van der Waals surface area contributed by atoms with Gasteiger partial charge in [-0.3, -0.25) is 4.98 Å². The zero-order valence-corrected chi connectivity index (χ0v) is 13.7. The van der Waals surface area contributed by atoms with E-state index >= 15 is 0 Å². The van der Waals surface area contributed by atoms with Gasteiger partial charge in [0.25, 0.3) is 5.88 Å². The molecule has 0 fully saturated rings. The number of nitrogens with zero attached hydrogens (tertiary/aromatic N) is 6. The number of fused-ring (bicyclic) bond motifs is 1. The van der Waals surface area contributed by atoms with Crippen molar-refractivity contribution in [2.75, 3.05) is 7.11 Å². The van der Waals surface area contributed by atoms with Gasteiger partial charge in [0.15, 0.2) is 22.9 Å². The molecule has 132 valence electrons. The number of hydrogen-bond acceptors (Lipinski definition) is 9. The Kier molecular flexibility index (Phi) is 4.15. The van der Waals surface area contributed by atoms with Crippen LogP contribution in [-0.4, -0.2) is 42.2 Å². The summed E-state index contributed by atoms with van der Waals surface area (Å²) in [5.41, 5.74) is 1.61. The number of aliphatic hydroxyl groups is 1. The fourth-order valence-corrected chi connectivity index (χ4v) is 2.32. The van der Waals surface area contributed by atoms with Gasteiger partial charge < -0.3 is 19.1 Å². The van der Waals surface area contributed by atoms with E-state index < -0.39 is 0 Å². The molecule has 0 saturated carbocycles. The molecular formula is C16H14N6O4. The Labute approximate surface area is 147 Å². The van der Waals surface area contributed by atoms with Crippen LogP contribution in [0.25, 0.3) is 17.2 Å². The zero-order valence-electron chi connectivity index (χ0n) is 13.7. The maximum absolute atomic E-state index is 9.12. The first-order valence-corrected chi connectivity index (χ1v) is 7.68. The van der Waals surface area contributed by atoms with E-state index in [9.17, 15) is 0 Å². The minimum atomic E-state index is -0.260. The van der Waals surface area contributed by atoms with Crippen LogP contribution in [0.2, 0.25) is 0 Å². The smallest absolute Gasteiger partial charge is 0.275 e. The molecular weight excluding hydrogens is 340 g/mol. The minimum absolute atomic E-state index is 0.228. The fraction of sp³-hybridized carbons (Fsp3) is 0.188. The fourth-order valence-electron chi connectivity index (χ4n) is 2.32. The maximum Gasteiger partial charge on any atom is 0.275 e. The van der Waals surface area contributed by atoms with E-state index in [-0.39, 0.29) is 19.1 Å². The molecule has 0 aliphatic rings. The maximum atomic E-state index is 9.12. The van der Waals surface area contributed by atoms with Gasteiger partial charge in [-0.2, -0.15) is 4.52 Å². The third-order valence-corrected chi connectivity index (χ3v) is 3.57. The van der Waals surface area contributed by atoms with Gasteiger partial charge in [-0.25, -0.2) is 0 Å². The Morgan fingerprint density at radius 3 is 2.88 bits per heavy atom. The molecule has 0 unspecified atom stereocenters. The van der Waals surface area contributed by atoms with E-state index in [0.29, 0.717) is 28.7 Å². The highest BCUT2D eigenvalue weighted by molar-refractivity contribution is 5.56. The van der Waals surface area contributed by atoms with Crippen molar-refractivity contribution in [2.24, 2.45) is 0 Å². The summed E-state index contributed by atoms with van der Waals surface area (Å²) in [5, 5.41) is 25.5. The van der Waals surface area contributed by atoms with Crippen LogP contribution >= 0.6 is 0 Å². The Morgan fingerprint density at radius 1 is 1.23 bits per heavy atom. The average Bonchev–Trinajstić information content (AvgIpc) is 3.32. The number of ether oxygens (including phenoxy) is 2. The van der Waals surface area contributed by atoms with Gasteiger partial charge in [0.2, 0.25) is 5.82 Å². The molecule has 4 aromatic rings. The van der Waals surface area contributed by atoms with Gasteiger partial charge in [0.1, 0.15) is 13.2 Å². The number of aromatic nitrogens is 6. The lowest BCUT2D eigenvalue weighted by atomic mass is 10.3. The molecule has 0 amide bonds. The van der Waals surface area contributed by atoms with Crippen LogP contribution in [0.5, 0.6) is 11.6 Å². The summed E-state index contributed by atoms with van der Waals surface area (Å²) in [4.78, 5) is 4.21. The lowest BCUT2D eigenvalue weighted by Gasteiger charge is -2.09. The summed E-state index contributed by atoms with van der Waals surface area (Å²) in [7, 11) is 1.52. The summed E-state index contributed by atoms with van der Waals surface area (Å²) in [6, 6.07) is 8.78. The normalized spacial score (nSPS) is 11.0. The minimum Gasteiger partial charge on any atom is -0.491 e. The van der Waals surface area contributed by atoms with Crippen LogP contribution < -0.4 is 9.47 Å². The molecule has 10 nitrogen and oxygen atoms in total. The second-order valence-electron chi connectivity index (χ2n) is 5.26. The molecule has 0 aliphatic heterocycles. The molecule has 26 heavy (non-hydrogen) atoms. The molecule has 10 heteroatoms. The van der Waals surface area contributed by atoms with Crippen molar-refractivity contribution < 1.29 is 19.1 Å². The average molecular weight is 354 g/mol. The molecule has 4 rings (SSSR count). The van der Waals surface area contributed by atoms with Crippen LogP contribution in [0.4, 0.5) is 0 Å².